The first-order valence-corrected chi connectivity index (χ1v) is 6.54. The first-order chi connectivity index (χ1) is 7.59. The van der Waals surface area contributed by atoms with Gasteiger partial charge in [0.2, 0.25) is 0 Å². The minimum atomic E-state index is -0.691. The van der Waals surface area contributed by atoms with Crippen LogP contribution >= 0.6 is 11.8 Å². The third-order valence-corrected chi connectivity index (χ3v) is 4.35. The maximum atomic E-state index is 11.1. The second-order valence-electron chi connectivity index (χ2n) is 4.41. The van der Waals surface area contributed by atoms with Gasteiger partial charge in [-0.25, -0.2) is 0 Å². The summed E-state index contributed by atoms with van der Waals surface area (Å²) in [5.41, 5.74) is 2.46. The number of fused-ring (bicyclic) bond motifs is 1. The number of hydrogen-bond donors (Lipinski definition) is 1. The van der Waals surface area contributed by atoms with Gasteiger partial charge in [-0.1, -0.05) is 24.6 Å². The summed E-state index contributed by atoms with van der Waals surface area (Å²) in [5.74, 6) is 0.221. The zero-order valence-corrected chi connectivity index (χ0v) is 10.4. The number of aliphatic carboxylic acids is 1. The third kappa shape index (κ3) is 2.09. The highest BCUT2D eigenvalue weighted by Gasteiger charge is 2.29. The van der Waals surface area contributed by atoms with Crippen LogP contribution in [0.15, 0.2) is 23.1 Å². The molecule has 1 aliphatic heterocycles. The fourth-order valence-electron chi connectivity index (χ4n) is 2.22. The van der Waals surface area contributed by atoms with E-state index < -0.39 is 5.97 Å². The molecule has 0 spiro atoms. The topological polar surface area (TPSA) is 37.3 Å². The molecule has 2 unspecified atom stereocenters. The molecular formula is C13H16O2S. The number of carboxylic acids is 1. The molecule has 1 N–H and O–H groups in total. The van der Waals surface area contributed by atoms with Crippen molar-refractivity contribution in [2.45, 2.75) is 31.1 Å². The number of aryl methyl sites for hydroxylation is 1. The number of benzene rings is 1. The molecular weight excluding hydrogens is 220 g/mol. The second-order valence-corrected chi connectivity index (χ2v) is 5.55. The summed E-state index contributed by atoms with van der Waals surface area (Å²) in [5, 5.41) is 9.11. The van der Waals surface area contributed by atoms with Crippen LogP contribution in [-0.2, 0) is 4.79 Å². The fourth-order valence-corrected chi connectivity index (χ4v) is 3.46. The smallest absolute Gasteiger partial charge is 0.306 e. The average Bonchev–Trinajstić information content (AvgIpc) is 2.26. The molecule has 1 aromatic carbocycles. The van der Waals surface area contributed by atoms with Crippen LogP contribution in [0.25, 0.3) is 0 Å². The van der Waals surface area contributed by atoms with Gasteiger partial charge in [0.15, 0.2) is 0 Å². The predicted octanol–water partition coefficient (Wildman–Crippen LogP) is 3.30. The van der Waals surface area contributed by atoms with Crippen LogP contribution in [-0.4, -0.2) is 16.8 Å². The van der Waals surface area contributed by atoms with Crippen molar-refractivity contribution in [1.29, 1.82) is 0 Å². The highest BCUT2D eigenvalue weighted by atomic mass is 32.2. The minimum Gasteiger partial charge on any atom is -0.481 e. The van der Waals surface area contributed by atoms with Gasteiger partial charge < -0.3 is 5.11 Å². The molecule has 86 valence electrons. The average molecular weight is 236 g/mol. The molecule has 2 rings (SSSR count). The molecule has 3 heteroatoms. The molecule has 2 nitrogen and oxygen atoms in total. The van der Waals surface area contributed by atoms with Crippen molar-refractivity contribution in [2.24, 2.45) is 5.92 Å². The Morgan fingerprint density at radius 1 is 1.56 bits per heavy atom. The zero-order valence-electron chi connectivity index (χ0n) is 9.56. The van der Waals surface area contributed by atoms with Crippen LogP contribution < -0.4 is 0 Å². The van der Waals surface area contributed by atoms with E-state index in [2.05, 4.69) is 25.1 Å². The summed E-state index contributed by atoms with van der Waals surface area (Å²) in [4.78, 5) is 12.3. The molecule has 0 amide bonds. The van der Waals surface area contributed by atoms with Gasteiger partial charge in [-0.3, -0.25) is 4.79 Å². The van der Waals surface area contributed by atoms with E-state index >= 15 is 0 Å². The number of hydrogen-bond acceptors (Lipinski definition) is 2. The molecule has 1 heterocycles. The Hall–Kier alpha value is -0.960. The molecule has 1 aromatic rings. The largest absolute Gasteiger partial charge is 0.481 e. The highest BCUT2D eigenvalue weighted by molar-refractivity contribution is 7.99. The Morgan fingerprint density at radius 2 is 2.31 bits per heavy atom. The molecule has 0 aliphatic carbocycles. The van der Waals surface area contributed by atoms with Gasteiger partial charge in [0.1, 0.15) is 0 Å². The normalized spacial score (nSPS) is 21.2. The van der Waals surface area contributed by atoms with E-state index in [-0.39, 0.29) is 11.8 Å². The molecule has 1 aliphatic rings. The highest BCUT2D eigenvalue weighted by Crippen LogP contribution is 2.41. The van der Waals surface area contributed by atoms with Gasteiger partial charge in [-0.2, -0.15) is 0 Å². The second kappa shape index (κ2) is 4.50. The van der Waals surface area contributed by atoms with Gasteiger partial charge >= 0.3 is 5.97 Å². The maximum Gasteiger partial charge on any atom is 0.306 e. The Labute approximate surface area is 100 Å². The quantitative estimate of drug-likeness (QED) is 0.856. The van der Waals surface area contributed by atoms with Crippen molar-refractivity contribution in [3.63, 3.8) is 0 Å². The van der Waals surface area contributed by atoms with Crippen LogP contribution in [0.2, 0.25) is 0 Å². The lowest BCUT2D eigenvalue weighted by Crippen LogP contribution is -2.22. The Morgan fingerprint density at radius 3 is 3.00 bits per heavy atom. The standard InChI is InChI=1S/C13H16O2S/c1-8-3-4-11-10(9(2)13(14)15)5-6-16-12(11)7-8/h3-4,7,9-10H,5-6H2,1-2H3,(H,14,15). The summed E-state index contributed by atoms with van der Waals surface area (Å²) in [6.45, 7) is 3.89. The number of rotatable bonds is 2. The summed E-state index contributed by atoms with van der Waals surface area (Å²) in [7, 11) is 0. The molecule has 0 bridgehead atoms. The Balaban J connectivity index is 2.36. The van der Waals surface area contributed by atoms with Crippen molar-refractivity contribution >= 4 is 17.7 Å². The van der Waals surface area contributed by atoms with Crippen molar-refractivity contribution in [1.82, 2.24) is 0 Å². The van der Waals surface area contributed by atoms with Crippen LogP contribution in [0.4, 0.5) is 0 Å². The van der Waals surface area contributed by atoms with Crippen LogP contribution in [0.5, 0.6) is 0 Å². The minimum absolute atomic E-state index is 0.175. The van der Waals surface area contributed by atoms with E-state index in [1.165, 1.54) is 16.0 Å². The molecule has 16 heavy (non-hydrogen) atoms. The number of thioether (sulfide) groups is 1. The van der Waals surface area contributed by atoms with E-state index in [1.807, 2.05) is 18.7 Å². The van der Waals surface area contributed by atoms with E-state index in [1.54, 1.807) is 0 Å². The lowest BCUT2D eigenvalue weighted by atomic mass is 9.84. The maximum absolute atomic E-state index is 11.1. The van der Waals surface area contributed by atoms with Crippen molar-refractivity contribution in [2.75, 3.05) is 5.75 Å². The lowest BCUT2D eigenvalue weighted by Gasteiger charge is -2.28. The molecule has 0 saturated carbocycles. The Kier molecular flexibility index (Phi) is 3.24. The van der Waals surface area contributed by atoms with Crippen molar-refractivity contribution in [3.8, 4) is 0 Å². The van der Waals surface area contributed by atoms with Gasteiger partial charge in [0, 0.05) is 4.90 Å². The molecule has 0 aromatic heterocycles. The van der Waals surface area contributed by atoms with E-state index in [0.717, 1.165) is 12.2 Å². The molecule has 2 atom stereocenters. The first-order valence-electron chi connectivity index (χ1n) is 5.55. The monoisotopic (exact) mass is 236 g/mol. The number of carboxylic acid groups (broad SMARTS) is 1. The van der Waals surface area contributed by atoms with Crippen LogP contribution in [0.1, 0.15) is 30.4 Å². The van der Waals surface area contributed by atoms with Gasteiger partial charge in [-0.05, 0) is 36.6 Å². The Bertz CT molecular complexity index is 414. The van der Waals surface area contributed by atoms with Crippen molar-refractivity contribution in [3.05, 3.63) is 29.3 Å². The van der Waals surface area contributed by atoms with Gasteiger partial charge in [0.25, 0.3) is 0 Å². The fraction of sp³-hybridized carbons (Fsp3) is 0.462. The van der Waals surface area contributed by atoms with E-state index in [4.69, 9.17) is 5.11 Å². The summed E-state index contributed by atoms with van der Waals surface area (Å²) >= 11 is 1.84. The van der Waals surface area contributed by atoms with Crippen molar-refractivity contribution < 1.29 is 9.90 Å². The van der Waals surface area contributed by atoms with E-state index in [0.29, 0.717) is 0 Å². The molecule has 0 radical (unpaired) electrons. The van der Waals surface area contributed by atoms with E-state index in [9.17, 15) is 4.79 Å². The first kappa shape index (κ1) is 11.5. The predicted molar refractivity (Wildman–Crippen MR) is 66.1 cm³/mol. The van der Waals surface area contributed by atoms with Gasteiger partial charge in [0.05, 0.1) is 5.92 Å². The summed E-state index contributed by atoms with van der Waals surface area (Å²) < 4.78 is 0. The zero-order chi connectivity index (χ0) is 11.7. The SMILES string of the molecule is Cc1ccc2c(c1)SCCC2C(C)C(=O)O. The lowest BCUT2D eigenvalue weighted by molar-refractivity contribution is -0.141. The summed E-state index contributed by atoms with van der Waals surface area (Å²) in [6.07, 6.45) is 0.966. The number of carbonyl (C=O) groups is 1. The van der Waals surface area contributed by atoms with Gasteiger partial charge in [-0.15, -0.1) is 11.8 Å². The third-order valence-electron chi connectivity index (χ3n) is 3.25. The van der Waals surface area contributed by atoms with Crippen LogP contribution in [0.3, 0.4) is 0 Å². The molecule has 0 fully saturated rings. The summed E-state index contributed by atoms with van der Waals surface area (Å²) in [6, 6.07) is 6.34. The molecule has 0 saturated heterocycles. The van der Waals surface area contributed by atoms with Crippen LogP contribution in [0, 0.1) is 12.8 Å².